The number of carbonyl (C=O) groups excluding carboxylic acids is 6. The number of aromatic nitrogens is 6. The number of nitrogens with zero attached hydrogens (tertiary/aromatic N) is 15. The lowest BCUT2D eigenvalue weighted by atomic mass is 9.82. The Kier molecular flexibility index (Phi) is 28.5. The Labute approximate surface area is 696 Å². The van der Waals surface area contributed by atoms with Gasteiger partial charge in [0.1, 0.15) is 57.1 Å². The molecule has 4 aliphatic rings. The summed E-state index contributed by atoms with van der Waals surface area (Å²) in [6.07, 6.45) is 4.84. The molecule has 1 atom stereocenters. The third-order valence-electron chi connectivity index (χ3n) is 20.3. The Balaban J connectivity index is 0.000000175. The molecule has 0 unspecified atom stereocenters. The van der Waals surface area contributed by atoms with Gasteiger partial charge < -0.3 is 85.6 Å². The van der Waals surface area contributed by atoms with Gasteiger partial charge in [-0.1, -0.05) is 77.8 Å². The van der Waals surface area contributed by atoms with Gasteiger partial charge in [0.25, 0.3) is 5.91 Å². The predicted molar refractivity (Wildman–Crippen MR) is 445 cm³/mol. The van der Waals surface area contributed by atoms with E-state index in [0.29, 0.717) is 81.2 Å². The summed E-state index contributed by atoms with van der Waals surface area (Å²) >= 11 is 19.7. The van der Waals surface area contributed by atoms with E-state index >= 15 is 13.2 Å². The number of fused-ring (bicyclic) bond motifs is 4. The third kappa shape index (κ3) is 20.1. The van der Waals surface area contributed by atoms with Crippen LogP contribution < -0.4 is 30.7 Å². The Morgan fingerprint density at radius 1 is 0.521 bits per heavy atom. The fourth-order valence-electron chi connectivity index (χ4n) is 14.0. The van der Waals surface area contributed by atoms with Gasteiger partial charge in [-0.25, -0.2) is 36.9 Å². The van der Waals surface area contributed by atoms with E-state index in [9.17, 15) is 63.1 Å². The van der Waals surface area contributed by atoms with Gasteiger partial charge in [0.2, 0.25) is 53.7 Å². The third-order valence-corrected chi connectivity index (χ3v) is 21.2. The van der Waals surface area contributed by atoms with E-state index in [2.05, 4.69) is 47.4 Å². The summed E-state index contributed by atoms with van der Waals surface area (Å²) in [7, 11) is 9.89. The van der Waals surface area contributed by atoms with Crippen molar-refractivity contribution >= 4 is 138 Å². The Morgan fingerprint density at radius 2 is 0.958 bits per heavy atom. The molecule has 1 aliphatic carbocycles. The zero-order valence-electron chi connectivity index (χ0n) is 66.0. The molecule has 3 saturated heterocycles. The van der Waals surface area contributed by atoms with Gasteiger partial charge in [0.15, 0.2) is 17.5 Å². The van der Waals surface area contributed by atoms with Crippen LogP contribution in [-0.2, 0) is 35.2 Å². The monoisotopic (exact) mass is 1700 g/mol. The normalized spacial score (nSPS) is 14.8. The zero-order chi connectivity index (χ0) is 86.0. The lowest BCUT2D eigenvalue weighted by Gasteiger charge is -2.36. The molecule has 37 heteroatoms. The van der Waals surface area contributed by atoms with E-state index in [0.717, 1.165) is 35.4 Å². The quantitative estimate of drug-likeness (QED) is 0.0188. The number of phenols is 2. The van der Waals surface area contributed by atoms with Crippen LogP contribution in [0.4, 0.5) is 57.3 Å². The van der Waals surface area contributed by atoms with Gasteiger partial charge in [-0.2, -0.15) is 15.0 Å². The predicted octanol–water partition coefficient (Wildman–Crippen LogP) is 10.1. The number of hydrogen-bond acceptors (Lipinski definition) is 23. The lowest BCUT2D eigenvalue weighted by Crippen LogP contribution is -2.51. The number of aliphatic hydroxyl groups is 3. The summed E-state index contributed by atoms with van der Waals surface area (Å²) in [5, 5.41) is 58.9. The highest BCUT2D eigenvalue weighted by Gasteiger charge is 2.34. The summed E-state index contributed by atoms with van der Waals surface area (Å²) in [6.45, 7) is 10.2. The maximum atomic E-state index is 16.6. The van der Waals surface area contributed by atoms with E-state index in [1.807, 2.05) is 34.1 Å². The number of aliphatic hydroxyl groups excluding tert-OH is 2. The molecule has 9 aromatic rings. The largest absolute Gasteiger partial charge is 0.512 e. The Bertz CT molecular complexity index is 5430. The summed E-state index contributed by atoms with van der Waals surface area (Å²) in [5.74, 6) is -5.29. The highest BCUT2D eigenvalue weighted by molar-refractivity contribution is 6.35. The number of rotatable bonds is 21. The first-order valence-electron chi connectivity index (χ1n) is 37.9. The standard InChI is InChI=1S/C30H32ClFN6O3.C27H29ClF2N6O3.C25H27ClF2N6O5/c1-4-24(40)37-11-13-38(14-12-37)29-22-17-23(31)26(21-16-19(39)15-18-7-5-6-8-20(18)21)27(32)28(22)34-30(35-29)33-10-9-25(41)36(2)3;1-4-5-22(39)35-10-12-36(13-11-35)26-18-15-19(28)23(17-14-16(37)6-7-20(17)29)24(30)25(18)32-27(33-26)31-9-8-21(38)34(2)3;1-32(2)17(36)6-7-29-25-30-21-13(22(31-25)33-8-10-34(11-9-33)23(37)24(38)39)12-14(26)18(20(21)28)19-15(27)4-3-5-16(19)35/h4-8,16-17,21,39H,1,9-15H2,2-3H3,(H,33,34,35);4-7,14-15,37H,8-13H2,1-3H3,(H,31,32,33);3-5,12,24,35,38-39H,6-11H2,1-2H3,(H,29,30,31)/b;5-4+;/t21-;;/m0../s1. The van der Waals surface area contributed by atoms with E-state index in [4.69, 9.17) is 39.8 Å². The molecule has 628 valence electrons. The molecule has 3 aliphatic heterocycles. The highest BCUT2D eigenvalue weighted by Crippen LogP contribution is 2.46. The molecule has 0 saturated carbocycles. The van der Waals surface area contributed by atoms with Crippen LogP contribution in [0.3, 0.4) is 0 Å². The highest BCUT2D eigenvalue weighted by atomic mass is 35.5. The van der Waals surface area contributed by atoms with Crippen molar-refractivity contribution in [2.24, 2.45) is 0 Å². The number of carbonyl (C=O) groups is 6. The Hall–Kier alpha value is -12.0. The van der Waals surface area contributed by atoms with Gasteiger partial charge >= 0.3 is 0 Å². The fraction of sp³-hybridized carbons (Fsp3) is 0.341. The van der Waals surface area contributed by atoms with Crippen molar-refractivity contribution in [3.63, 3.8) is 0 Å². The molecular weight excluding hydrogens is 1610 g/mol. The summed E-state index contributed by atoms with van der Waals surface area (Å²) in [6, 6.07) is 18.9. The van der Waals surface area contributed by atoms with Crippen LogP contribution in [0.5, 0.6) is 11.5 Å². The van der Waals surface area contributed by atoms with E-state index < -0.39 is 58.5 Å². The number of amides is 6. The summed E-state index contributed by atoms with van der Waals surface area (Å²) in [5.41, 5.74) is 0.533. The molecule has 6 aromatic carbocycles. The first kappa shape index (κ1) is 87.8. The van der Waals surface area contributed by atoms with Crippen molar-refractivity contribution in [1.29, 1.82) is 0 Å². The van der Waals surface area contributed by atoms with Crippen LogP contribution >= 0.6 is 34.8 Å². The summed E-state index contributed by atoms with van der Waals surface area (Å²) in [4.78, 5) is 114. The van der Waals surface area contributed by atoms with Crippen LogP contribution in [0.25, 0.3) is 55.0 Å². The van der Waals surface area contributed by atoms with Crippen LogP contribution in [0.1, 0.15) is 48.8 Å². The van der Waals surface area contributed by atoms with Crippen molar-refractivity contribution in [3.8, 4) is 33.8 Å². The van der Waals surface area contributed by atoms with Crippen molar-refractivity contribution in [2.75, 3.05) is 171 Å². The maximum absolute atomic E-state index is 16.6. The van der Waals surface area contributed by atoms with E-state index in [1.165, 1.54) is 56.0 Å². The van der Waals surface area contributed by atoms with Gasteiger partial charge in [-0.15, -0.1) is 0 Å². The van der Waals surface area contributed by atoms with Crippen LogP contribution in [-0.4, -0.2) is 267 Å². The SMILES string of the molecule is C/C=C/C(=O)N1CCN(c2nc(NCCC(=O)N(C)C)nc3c(F)c(-c4cc(O)ccc4F)c(Cl)cc23)CC1.C=CC(=O)N1CCN(c2nc(NCCC(=O)N(C)C)nc3c(F)c([C@H]4C=C(O)Cc5ccccc54)c(Cl)cc23)CC1.CN(C)C(=O)CCNc1nc(N2CCN(C(=O)C(O)O)CC2)c2cc(Cl)c(-c3c(O)cccc3F)c(F)c2n1. The molecule has 13 rings (SSSR count). The number of piperazine rings is 3. The van der Waals surface area contributed by atoms with Gasteiger partial charge in [-0.05, 0) is 84.8 Å². The smallest absolute Gasteiger partial charge is 0.279 e. The topological polar surface area (TPSA) is 346 Å². The maximum Gasteiger partial charge on any atom is 0.279 e. The second kappa shape index (κ2) is 38.6. The first-order chi connectivity index (χ1) is 56.8. The van der Waals surface area contributed by atoms with Crippen molar-refractivity contribution in [1.82, 2.24) is 59.3 Å². The fourth-order valence-corrected chi connectivity index (χ4v) is 14.9. The van der Waals surface area contributed by atoms with Crippen LogP contribution in [0.2, 0.25) is 15.1 Å². The molecule has 6 amide bonds. The van der Waals surface area contributed by atoms with Crippen LogP contribution in [0, 0.1) is 29.1 Å². The number of anilines is 6. The number of halogens is 8. The summed E-state index contributed by atoms with van der Waals surface area (Å²) < 4.78 is 78.0. The number of nitrogens with one attached hydrogen (secondary N) is 3. The Morgan fingerprint density at radius 3 is 1.41 bits per heavy atom. The molecule has 119 heavy (non-hydrogen) atoms. The molecule has 6 heterocycles. The van der Waals surface area contributed by atoms with Crippen molar-refractivity contribution in [2.45, 2.75) is 44.8 Å². The average molecular weight is 1700 g/mol. The average Bonchev–Trinajstić information content (AvgIpc) is 0.754. The van der Waals surface area contributed by atoms with Gasteiger partial charge in [0, 0.05) is 215 Å². The molecule has 29 nitrogen and oxygen atoms in total. The molecule has 0 bridgehead atoms. The zero-order valence-corrected chi connectivity index (χ0v) is 68.3. The molecule has 8 N–H and O–H groups in total. The number of allylic oxidation sites excluding steroid dienone is 3. The molecular formula is C82H88Cl3F5N18O11. The second-order valence-corrected chi connectivity index (χ2v) is 29.9. The van der Waals surface area contributed by atoms with E-state index in [-0.39, 0.29) is 189 Å². The number of benzene rings is 6. The minimum Gasteiger partial charge on any atom is -0.512 e. The molecule has 3 fully saturated rings. The van der Waals surface area contributed by atoms with Crippen LogP contribution in [0.15, 0.2) is 116 Å². The number of phenolic OH excluding ortho intramolecular Hbond substituents is 2. The van der Waals surface area contributed by atoms with Gasteiger partial charge in [0.05, 0.1) is 21.4 Å². The van der Waals surface area contributed by atoms with E-state index in [1.54, 1.807) is 82.1 Å². The van der Waals surface area contributed by atoms with Gasteiger partial charge in [-0.3, -0.25) is 28.8 Å². The molecule has 0 radical (unpaired) electrons. The molecule has 3 aromatic heterocycles. The molecule has 0 spiro atoms. The lowest BCUT2D eigenvalue weighted by molar-refractivity contribution is -0.159. The van der Waals surface area contributed by atoms with Crippen molar-refractivity contribution < 1.29 is 76.3 Å². The number of hydrogen-bond donors (Lipinski definition) is 8. The first-order valence-corrected chi connectivity index (χ1v) is 39.0. The van der Waals surface area contributed by atoms with Crippen molar-refractivity contribution in [3.05, 3.63) is 176 Å². The minimum atomic E-state index is -2.13. The second-order valence-electron chi connectivity index (χ2n) is 28.7. The minimum absolute atomic E-state index is 0.00160. The number of aromatic hydroxyl groups is 2.